The Balaban J connectivity index is 2.19. The lowest BCUT2D eigenvalue weighted by atomic mass is 10.2. The molecule has 0 bridgehead atoms. The van der Waals surface area contributed by atoms with E-state index >= 15 is 0 Å². The zero-order chi connectivity index (χ0) is 17.0. The molecule has 1 N–H and O–H groups in total. The molecule has 6 nitrogen and oxygen atoms in total. The minimum Gasteiger partial charge on any atom is -0.481 e. The molecule has 1 aromatic carbocycles. The zero-order valence-corrected chi connectivity index (χ0v) is 14.0. The SMILES string of the molecule is C#CCN1C(=O)S/C(=C\c2ccc(OCC(=O)O)c(Br)c2)C1=O. The third-order valence-corrected chi connectivity index (χ3v) is 4.25. The van der Waals surface area contributed by atoms with Crippen LogP contribution < -0.4 is 4.74 Å². The molecule has 8 heteroatoms. The molecule has 0 spiro atoms. The molecule has 1 aliphatic heterocycles. The Hall–Kier alpha value is -2.24. The Morgan fingerprint density at radius 2 is 2.22 bits per heavy atom. The molecule has 0 saturated carbocycles. The lowest BCUT2D eigenvalue weighted by molar-refractivity contribution is -0.139. The average molecular weight is 396 g/mol. The topological polar surface area (TPSA) is 83.9 Å². The van der Waals surface area contributed by atoms with E-state index in [1.165, 1.54) is 0 Å². The summed E-state index contributed by atoms with van der Waals surface area (Å²) in [5.41, 5.74) is 0.658. The molecule has 1 aromatic rings. The van der Waals surface area contributed by atoms with Crippen LogP contribution in [-0.2, 0) is 9.59 Å². The number of terminal acetylenes is 1. The molecule has 2 amide bonds. The van der Waals surface area contributed by atoms with E-state index in [1.54, 1.807) is 24.3 Å². The lowest BCUT2D eigenvalue weighted by Crippen LogP contribution is -2.28. The smallest absolute Gasteiger partial charge is 0.341 e. The number of carbonyl (C=O) groups excluding carboxylic acids is 2. The van der Waals surface area contributed by atoms with Gasteiger partial charge in [0.15, 0.2) is 6.61 Å². The first kappa shape index (κ1) is 17.1. The number of carbonyl (C=O) groups is 3. The van der Waals surface area contributed by atoms with Crippen LogP contribution in [0.1, 0.15) is 5.56 Å². The highest BCUT2D eigenvalue weighted by atomic mass is 79.9. The maximum absolute atomic E-state index is 12.1. The first-order valence-electron chi connectivity index (χ1n) is 6.25. The summed E-state index contributed by atoms with van der Waals surface area (Å²) < 4.78 is 5.62. The first-order valence-corrected chi connectivity index (χ1v) is 7.86. The summed E-state index contributed by atoms with van der Waals surface area (Å²) in [6.45, 7) is -0.517. The highest BCUT2D eigenvalue weighted by Gasteiger charge is 2.34. The van der Waals surface area contributed by atoms with E-state index in [-0.39, 0.29) is 11.4 Å². The summed E-state index contributed by atoms with van der Waals surface area (Å²) in [7, 11) is 0. The van der Waals surface area contributed by atoms with Crippen molar-refractivity contribution in [2.45, 2.75) is 0 Å². The van der Waals surface area contributed by atoms with Gasteiger partial charge in [0, 0.05) is 0 Å². The maximum Gasteiger partial charge on any atom is 0.341 e. The maximum atomic E-state index is 12.1. The number of nitrogens with zero attached hydrogens (tertiary/aromatic N) is 1. The molecule has 1 aliphatic rings. The number of benzene rings is 1. The summed E-state index contributed by atoms with van der Waals surface area (Å²) in [6, 6.07) is 4.88. The average Bonchev–Trinajstić information content (AvgIpc) is 2.74. The molecule has 0 aliphatic carbocycles. The third-order valence-electron chi connectivity index (χ3n) is 2.73. The van der Waals surface area contributed by atoms with Crippen LogP contribution in [-0.4, -0.2) is 40.3 Å². The van der Waals surface area contributed by atoms with Crippen molar-refractivity contribution in [1.82, 2.24) is 4.90 Å². The zero-order valence-electron chi connectivity index (χ0n) is 11.6. The van der Waals surface area contributed by atoms with Crippen molar-refractivity contribution in [3.8, 4) is 18.1 Å². The lowest BCUT2D eigenvalue weighted by Gasteiger charge is -2.07. The van der Waals surface area contributed by atoms with E-state index in [1.807, 2.05) is 0 Å². The van der Waals surface area contributed by atoms with Crippen molar-refractivity contribution in [3.63, 3.8) is 0 Å². The standard InChI is InChI=1S/C15H10BrNO5S/c1-2-5-17-14(20)12(23-15(17)21)7-9-3-4-11(10(16)6-9)22-8-13(18)19/h1,3-4,6-7H,5,8H2,(H,18,19)/b12-7-. The van der Waals surface area contributed by atoms with Gasteiger partial charge >= 0.3 is 5.97 Å². The number of carboxylic acid groups (broad SMARTS) is 1. The van der Waals surface area contributed by atoms with Crippen LogP contribution in [0.2, 0.25) is 0 Å². The third kappa shape index (κ3) is 4.15. The van der Waals surface area contributed by atoms with Crippen molar-refractivity contribution in [2.75, 3.05) is 13.2 Å². The molecule has 118 valence electrons. The Morgan fingerprint density at radius 3 is 2.83 bits per heavy atom. The van der Waals surface area contributed by atoms with Gasteiger partial charge in [0.25, 0.3) is 11.1 Å². The molecule has 1 saturated heterocycles. The molecule has 23 heavy (non-hydrogen) atoms. The van der Waals surface area contributed by atoms with E-state index in [0.717, 1.165) is 16.7 Å². The summed E-state index contributed by atoms with van der Waals surface area (Å²) in [5, 5.41) is 8.19. The van der Waals surface area contributed by atoms with Gasteiger partial charge in [-0.15, -0.1) is 6.42 Å². The Labute approximate surface area is 144 Å². The van der Waals surface area contributed by atoms with E-state index in [9.17, 15) is 14.4 Å². The number of thioether (sulfide) groups is 1. The minimum absolute atomic E-state index is 0.0618. The summed E-state index contributed by atoms with van der Waals surface area (Å²) in [6.07, 6.45) is 6.69. The number of halogens is 1. The normalized spacial score (nSPS) is 15.8. The molecule has 1 fully saturated rings. The highest BCUT2D eigenvalue weighted by molar-refractivity contribution is 9.10. The van der Waals surface area contributed by atoms with Gasteiger partial charge in [-0.3, -0.25) is 14.5 Å². The highest BCUT2D eigenvalue weighted by Crippen LogP contribution is 2.33. The summed E-state index contributed by atoms with van der Waals surface area (Å²) in [5.74, 6) is 1.12. The van der Waals surface area contributed by atoms with E-state index in [4.69, 9.17) is 16.3 Å². The second-order valence-corrected chi connectivity index (χ2v) is 6.19. The monoisotopic (exact) mass is 395 g/mol. The quantitative estimate of drug-likeness (QED) is 0.609. The number of hydrogen-bond acceptors (Lipinski definition) is 5. The van der Waals surface area contributed by atoms with Gasteiger partial charge < -0.3 is 9.84 Å². The Kier molecular flexibility index (Phi) is 5.47. The van der Waals surface area contributed by atoms with Crippen molar-refractivity contribution < 1.29 is 24.2 Å². The molecule has 1 heterocycles. The minimum atomic E-state index is -1.08. The van der Waals surface area contributed by atoms with Crippen molar-refractivity contribution in [1.29, 1.82) is 0 Å². The first-order chi connectivity index (χ1) is 10.9. The number of amides is 2. The predicted octanol–water partition coefficient (Wildman–Crippen LogP) is 2.58. The van der Waals surface area contributed by atoms with Crippen LogP contribution in [0, 0.1) is 12.3 Å². The molecule has 2 rings (SSSR count). The van der Waals surface area contributed by atoms with Gasteiger partial charge in [0.1, 0.15) is 5.75 Å². The van der Waals surface area contributed by atoms with Gasteiger partial charge in [-0.1, -0.05) is 12.0 Å². The van der Waals surface area contributed by atoms with Crippen LogP contribution in [0.3, 0.4) is 0 Å². The van der Waals surface area contributed by atoms with Crippen molar-refractivity contribution in [3.05, 3.63) is 33.1 Å². The largest absolute Gasteiger partial charge is 0.481 e. The number of imide groups is 1. The van der Waals surface area contributed by atoms with Crippen LogP contribution >= 0.6 is 27.7 Å². The summed E-state index contributed by atoms with van der Waals surface area (Å²) in [4.78, 5) is 35.5. The van der Waals surface area contributed by atoms with Gasteiger partial charge in [-0.25, -0.2) is 4.79 Å². The fourth-order valence-corrected chi connectivity index (χ4v) is 3.09. The fraction of sp³-hybridized carbons (Fsp3) is 0.133. The Bertz CT molecular complexity index is 753. The molecule has 0 unspecified atom stereocenters. The molecular weight excluding hydrogens is 386 g/mol. The van der Waals surface area contributed by atoms with E-state index < -0.39 is 23.7 Å². The molecule has 0 aromatic heterocycles. The number of ether oxygens (including phenoxy) is 1. The second kappa shape index (κ2) is 7.35. The van der Waals surface area contributed by atoms with Gasteiger partial charge in [0.05, 0.1) is 15.9 Å². The van der Waals surface area contributed by atoms with Gasteiger partial charge in [0.2, 0.25) is 0 Å². The molecular formula is C15H10BrNO5S. The van der Waals surface area contributed by atoms with Crippen LogP contribution in [0.5, 0.6) is 5.75 Å². The van der Waals surface area contributed by atoms with Gasteiger partial charge in [-0.05, 0) is 51.5 Å². The fourth-order valence-electron chi connectivity index (χ4n) is 1.74. The van der Waals surface area contributed by atoms with Crippen LogP contribution in [0.4, 0.5) is 4.79 Å². The molecule has 0 atom stereocenters. The van der Waals surface area contributed by atoms with E-state index in [2.05, 4.69) is 21.9 Å². The second-order valence-electron chi connectivity index (χ2n) is 4.34. The summed E-state index contributed by atoms with van der Waals surface area (Å²) >= 11 is 4.09. The van der Waals surface area contributed by atoms with Crippen LogP contribution in [0.15, 0.2) is 27.6 Å². The number of carboxylic acids is 1. The Morgan fingerprint density at radius 1 is 1.48 bits per heavy atom. The van der Waals surface area contributed by atoms with Crippen molar-refractivity contribution >= 4 is 50.9 Å². The number of hydrogen-bond donors (Lipinski definition) is 1. The number of rotatable bonds is 5. The van der Waals surface area contributed by atoms with Gasteiger partial charge in [-0.2, -0.15) is 0 Å². The van der Waals surface area contributed by atoms with Crippen LogP contribution in [0.25, 0.3) is 6.08 Å². The predicted molar refractivity (Wildman–Crippen MR) is 88.8 cm³/mol. The number of aliphatic carboxylic acids is 1. The van der Waals surface area contributed by atoms with Crippen molar-refractivity contribution in [2.24, 2.45) is 0 Å². The van der Waals surface area contributed by atoms with E-state index in [0.29, 0.717) is 15.8 Å². The molecule has 0 radical (unpaired) electrons.